The molecule has 9 nitrogen and oxygen atoms in total. The minimum absolute atomic E-state index is 0.0362. The van der Waals surface area contributed by atoms with Gasteiger partial charge in [-0.1, -0.05) is 85.8 Å². The van der Waals surface area contributed by atoms with Crippen LogP contribution in [0.25, 0.3) is 0 Å². The van der Waals surface area contributed by atoms with Gasteiger partial charge in [-0.2, -0.15) is 0 Å². The molecule has 3 atom stereocenters. The van der Waals surface area contributed by atoms with Gasteiger partial charge in [-0.05, 0) is 56.4 Å². The molecule has 3 amide bonds. The standard InChI is InChI=1S/C36H45N3O6/c1-5-14-32(41)37-30(23-33(42)45-24-26-17-10-7-11-18-26)35(44)38-29(21-25-15-8-6-9-16-25)31(40)22-27-19-12-13-20-28(27)34(43)39-36(2,3)4/h6-13,15-20,29-31,40H,5,14,21-24H2,1-4H3,(H,37,41)(H,38,44)(H,39,43)/t29-,30-,31+/m0/s1. The van der Waals surface area contributed by atoms with E-state index in [0.29, 0.717) is 17.5 Å². The average Bonchev–Trinajstić information content (AvgIpc) is 3.00. The predicted octanol–water partition coefficient (Wildman–Crippen LogP) is 4.26. The zero-order valence-electron chi connectivity index (χ0n) is 26.5. The van der Waals surface area contributed by atoms with E-state index in [-0.39, 0.29) is 44.1 Å². The number of ether oxygens (including phenoxy) is 1. The first kappa shape index (κ1) is 35.0. The van der Waals surface area contributed by atoms with Gasteiger partial charge >= 0.3 is 5.97 Å². The lowest BCUT2D eigenvalue weighted by molar-refractivity contribution is -0.147. The van der Waals surface area contributed by atoms with E-state index in [0.717, 1.165) is 11.1 Å². The summed E-state index contributed by atoms with van der Waals surface area (Å²) in [6, 6.07) is 23.6. The molecular weight excluding hydrogens is 570 g/mol. The van der Waals surface area contributed by atoms with Crippen molar-refractivity contribution >= 4 is 23.7 Å². The number of aliphatic hydroxyl groups excluding tert-OH is 1. The highest BCUT2D eigenvalue weighted by Gasteiger charge is 2.30. The molecule has 0 saturated heterocycles. The van der Waals surface area contributed by atoms with Gasteiger partial charge in [0, 0.05) is 23.9 Å². The van der Waals surface area contributed by atoms with Gasteiger partial charge in [-0.25, -0.2) is 0 Å². The zero-order chi connectivity index (χ0) is 32.8. The lowest BCUT2D eigenvalue weighted by Gasteiger charge is -2.28. The van der Waals surface area contributed by atoms with Crippen molar-refractivity contribution in [3.8, 4) is 0 Å². The normalized spacial score (nSPS) is 13.2. The third-order valence-corrected chi connectivity index (χ3v) is 7.01. The number of rotatable bonds is 15. The molecule has 4 N–H and O–H groups in total. The second kappa shape index (κ2) is 17.1. The highest BCUT2D eigenvalue weighted by Crippen LogP contribution is 2.17. The molecule has 240 valence electrons. The van der Waals surface area contributed by atoms with Crippen LogP contribution >= 0.6 is 0 Å². The number of esters is 1. The third kappa shape index (κ3) is 12.2. The molecule has 0 aromatic heterocycles. The summed E-state index contributed by atoms with van der Waals surface area (Å²) in [6.45, 7) is 7.55. The Hall–Kier alpha value is -4.50. The second-order valence-electron chi connectivity index (χ2n) is 12.2. The van der Waals surface area contributed by atoms with Crippen LogP contribution in [0.4, 0.5) is 0 Å². The van der Waals surface area contributed by atoms with Crippen molar-refractivity contribution < 1.29 is 29.0 Å². The van der Waals surface area contributed by atoms with E-state index in [1.54, 1.807) is 24.3 Å². The number of nitrogens with one attached hydrogen (secondary N) is 3. The molecule has 0 unspecified atom stereocenters. The van der Waals surface area contributed by atoms with Gasteiger partial charge in [0.2, 0.25) is 11.8 Å². The first-order valence-electron chi connectivity index (χ1n) is 15.4. The van der Waals surface area contributed by atoms with Crippen LogP contribution in [0, 0.1) is 0 Å². The molecule has 0 heterocycles. The van der Waals surface area contributed by atoms with E-state index in [1.807, 2.05) is 88.4 Å². The molecule has 0 aliphatic carbocycles. The number of amides is 3. The number of hydrogen-bond donors (Lipinski definition) is 4. The topological polar surface area (TPSA) is 134 Å². The van der Waals surface area contributed by atoms with E-state index in [9.17, 15) is 24.3 Å². The van der Waals surface area contributed by atoms with Gasteiger partial charge in [0.25, 0.3) is 5.91 Å². The molecule has 0 aliphatic heterocycles. The maximum atomic E-state index is 13.7. The smallest absolute Gasteiger partial charge is 0.308 e. The molecule has 3 aromatic rings. The number of aliphatic hydroxyl groups is 1. The van der Waals surface area contributed by atoms with Gasteiger partial charge in [-0.15, -0.1) is 0 Å². The zero-order valence-corrected chi connectivity index (χ0v) is 26.5. The maximum absolute atomic E-state index is 13.7. The minimum Gasteiger partial charge on any atom is -0.461 e. The fourth-order valence-corrected chi connectivity index (χ4v) is 4.80. The molecule has 0 aliphatic rings. The van der Waals surface area contributed by atoms with Crippen LogP contribution in [0.2, 0.25) is 0 Å². The quantitative estimate of drug-likeness (QED) is 0.189. The Bertz CT molecular complexity index is 1410. The van der Waals surface area contributed by atoms with Gasteiger partial charge in [0.05, 0.1) is 18.6 Å². The van der Waals surface area contributed by atoms with Crippen LogP contribution in [0.3, 0.4) is 0 Å². The molecule has 0 fully saturated rings. The summed E-state index contributed by atoms with van der Waals surface area (Å²) < 4.78 is 5.39. The van der Waals surface area contributed by atoms with E-state index >= 15 is 0 Å². The van der Waals surface area contributed by atoms with Crippen LogP contribution in [-0.4, -0.2) is 52.5 Å². The van der Waals surface area contributed by atoms with Crippen LogP contribution in [0.1, 0.15) is 74.0 Å². The molecule has 3 aromatic carbocycles. The monoisotopic (exact) mass is 615 g/mol. The predicted molar refractivity (Wildman–Crippen MR) is 173 cm³/mol. The number of benzene rings is 3. The maximum Gasteiger partial charge on any atom is 0.308 e. The van der Waals surface area contributed by atoms with Crippen molar-refractivity contribution in [1.29, 1.82) is 0 Å². The summed E-state index contributed by atoms with van der Waals surface area (Å²) in [5, 5.41) is 20.0. The Labute approximate surface area is 265 Å². The van der Waals surface area contributed by atoms with Crippen molar-refractivity contribution in [2.45, 2.75) is 90.1 Å². The molecule has 0 spiro atoms. The Kier molecular flexibility index (Phi) is 13.3. The summed E-state index contributed by atoms with van der Waals surface area (Å²) in [5.74, 6) is -1.89. The van der Waals surface area contributed by atoms with Crippen LogP contribution in [-0.2, 0) is 38.6 Å². The lowest BCUT2D eigenvalue weighted by Crippen LogP contribution is -2.54. The highest BCUT2D eigenvalue weighted by atomic mass is 16.5. The fraction of sp³-hybridized carbons (Fsp3) is 0.389. The third-order valence-electron chi connectivity index (χ3n) is 7.01. The number of carbonyl (C=O) groups excluding carboxylic acids is 4. The molecule has 0 bridgehead atoms. The molecular formula is C36H45N3O6. The molecule has 0 radical (unpaired) electrons. The van der Waals surface area contributed by atoms with Crippen molar-refractivity contribution in [1.82, 2.24) is 16.0 Å². The van der Waals surface area contributed by atoms with Crippen LogP contribution < -0.4 is 16.0 Å². The van der Waals surface area contributed by atoms with Gasteiger partial charge in [0.15, 0.2) is 0 Å². The Balaban J connectivity index is 1.81. The largest absolute Gasteiger partial charge is 0.461 e. The molecule has 45 heavy (non-hydrogen) atoms. The number of carbonyl (C=O) groups is 4. The summed E-state index contributed by atoms with van der Waals surface area (Å²) in [7, 11) is 0. The second-order valence-corrected chi connectivity index (χ2v) is 12.2. The summed E-state index contributed by atoms with van der Waals surface area (Å²) >= 11 is 0. The van der Waals surface area contributed by atoms with Gasteiger partial charge < -0.3 is 25.8 Å². The Morgan fingerprint density at radius 1 is 0.800 bits per heavy atom. The minimum atomic E-state index is -1.21. The van der Waals surface area contributed by atoms with E-state index in [2.05, 4.69) is 16.0 Å². The van der Waals surface area contributed by atoms with Crippen LogP contribution in [0.15, 0.2) is 84.9 Å². The van der Waals surface area contributed by atoms with E-state index in [1.165, 1.54) is 0 Å². The first-order valence-corrected chi connectivity index (χ1v) is 15.4. The Morgan fingerprint density at radius 3 is 2.02 bits per heavy atom. The van der Waals surface area contributed by atoms with Gasteiger partial charge in [0.1, 0.15) is 12.6 Å². The fourth-order valence-electron chi connectivity index (χ4n) is 4.80. The van der Waals surface area contributed by atoms with E-state index < -0.39 is 35.6 Å². The first-order chi connectivity index (χ1) is 21.4. The molecule has 0 saturated carbocycles. The summed E-state index contributed by atoms with van der Waals surface area (Å²) in [5.41, 5.74) is 2.27. The van der Waals surface area contributed by atoms with E-state index in [4.69, 9.17) is 4.74 Å². The Morgan fingerprint density at radius 2 is 1.40 bits per heavy atom. The summed E-state index contributed by atoms with van der Waals surface area (Å²) in [6.07, 6.45) is -0.370. The number of hydrogen-bond acceptors (Lipinski definition) is 6. The van der Waals surface area contributed by atoms with Gasteiger partial charge in [-0.3, -0.25) is 19.2 Å². The lowest BCUT2D eigenvalue weighted by atomic mass is 9.93. The SMILES string of the molecule is CCCC(=O)N[C@@H](CC(=O)OCc1ccccc1)C(=O)N[C@@H](Cc1ccccc1)[C@H](O)Cc1ccccc1C(=O)NC(C)(C)C. The van der Waals surface area contributed by atoms with Crippen molar-refractivity contribution in [2.24, 2.45) is 0 Å². The van der Waals surface area contributed by atoms with Crippen molar-refractivity contribution in [3.63, 3.8) is 0 Å². The highest BCUT2D eigenvalue weighted by molar-refractivity contribution is 5.96. The van der Waals surface area contributed by atoms with Crippen LogP contribution in [0.5, 0.6) is 0 Å². The van der Waals surface area contributed by atoms with Crippen molar-refractivity contribution in [3.05, 3.63) is 107 Å². The van der Waals surface area contributed by atoms with Crippen molar-refractivity contribution in [2.75, 3.05) is 0 Å². The summed E-state index contributed by atoms with van der Waals surface area (Å²) in [4.78, 5) is 52.0. The molecule has 3 rings (SSSR count). The average molecular weight is 616 g/mol. The molecule has 9 heteroatoms.